The van der Waals surface area contributed by atoms with Crippen molar-refractivity contribution in [2.75, 3.05) is 171 Å². The van der Waals surface area contributed by atoms with Crippen LogP contribution < -0.4 is 58.5 Å². The van der Waals surface area contributed by atoms with Crippen molar-refractivity contribution in [3.63, 3.8) is 0 Å². The third kappa shape index (κ3) is 19.7. The van der Waals surface area contributed by atoms with E-state index in [0.29, 0.717) is 0 Å². The number of halogens is 2. The Morgan fingerprint density at radius 2 is 0.881 bits per heavy atom. The molecule has 0 radical (unpaired) electrons. The van der Waals surface area contributed by atoms with Gasteiger partial charge in [0.15, 0.2) is 0 Å². The van der Waals surface area contributed by atoms with Crippen LogP contribution in [-0.4, -0.2) is 169 Å². The number of aryl methyl sites for hydroxylation is 2. The molecular formula is C69H106Cl2N11S2+5. The van der Waals surface area contributed by atoms with E-state index in [4.69, 9.17) is 0 Å². The second-order valence-electron chi connectivity index (χ2n) is 27.7. The van der Waals surface area contributed by atoms with E-state index in [-0.39, 0.29) is 24.8 Å². The first-order chi connectivity index (χ1) is 39.0. The topological polar surface area (TPSA) is 34.9 Å². The van der Waals surface area contributed by atoms with Crippen molar-refractivity contribution in [2.45, 2.75) is 99.9 Å². The molecule has 1 N–H and O–H groups in total. The van der Waals surface area contributed by atoms with Crippen molar-refractivity contribution in [3.05, 3.63) is 124 Å². The smallest absolute Gasteiger partial charge is 0.346 e. The lowest BCUT2D eigenvalue weighted by atomic mass is 10.1. The molecule has 11 nitrogen and oxygen atoms in total. The van der Waals surface area contributed by atoms with Crippen molar-refractivity contribution in [1.29, 1.82) is 0 Å². The minimum Gasteiger partial charge on any atom is -1.00 e. The summed E-state index contributed by atoms with van der Waals surface area (Å²) < 4.78 is 9.13. The summed E-state index contributed by atoms with van der Waals surface area (Å²) in [4.78, 5) is 16.8. The normalized spacial score (nSPS) is 14.6. The zero-order chi connectivity index (χ0) is 58.7. The third-order valence-corrected chi connectivity index (χ3v) is 18.6. The van der Waals surface area contributed by atoms with Gasteiger partial charge in [-0.3, -0.25) is 4.90 Å². The molecule has 0 atom stereocenters. The molecule has 0 saturated carbocycles. The van der Waals surface area contributed by atoms with Gasteiger partial charge in [-0.1, -0.05) is 91.7 Å². The van der Waals surface area contributed by atoms with E-state index >= 15 is 0 Å². The van der Waals surface area contributed by atoms with Gasteiger partial charge in [0.1, 0.15) is 31.3 Å². The Hall–Kier alpha value is -4.57. The molecule has 84 heavy (non-hydrogen) atoms. The number of nitrogens with zero attached hydrogens (tertiary/aromatic N) is 10. The molecule has 3 aromatic heterocycles. The van der Waals surface area contributed by atoms with E-state index in [0.717, 1.165) is 109 Å². The summed E-state index contributed by atoms with van der Waals surface area (Å²) in [6, 6.07) is 36.4. The predicted molar refractivity (Wildman–Crippen MR) is 354 cm³/mol. The van der Waals surface area contributed by atoms with E-state index in [9.17, 15) is 0 Å². The third-order valence-electron chi connectivity index (χ3n) is 16.3. The second kappa shape index (κ2) is 30.9. The number of rotatable bonds is 31. The highest BCUT2D eigenvalue weighted by molar-refractivity contribution is 8.04. The quantitative estimate of drug-likeness (QED) is 0.0290. The Labute approximate surface area is 529 Å². The zero-order valence-corrected chi connectivity index (χ0v) is 57.2. The number of fused-ring (bicyclic) bond motifs is 4. The van der Waals surface area contributed by atoms with E-state index in [1.165, 1.54) is 127 Å². The first kappa shape index (κ1) is 68.5. The maximum Gasteiger partial charge on any atom is 0.346 e. The number of unbranched alkanes of at least 4 members (excludes halogenated alkanes) is 7. The Morgan fingerprint density at radius 1 is 0.464 bits per heavy atom. The van der Waals surface area contributed by atoms with Crippen molar-refractivity contribution in [3.8, 4) is 0 Å². The zero-order valence-electron chi connectivity index (χ0n) is 54.1. The lowest BCUT2D eigenvalue weighted by Crippen LogP contribution is -3.00. The van der Waals surface area contributed by atoms with Crippen molar-refractivity contribution in [2.24, 2.45) is 0 Å². The van der Waals surface area contributed by atoms with Crippen LogP contribution in [0.1, 0.15) is 88.2 Å². The second-order valence-corrected chi connectivity index (χ2v) is 29.8. The number of thioether (sulfide) groups is 2. The monoisotopic (exact) mass is 1220 g/mol. The first-order valence-electron chi connectivity index (χ1n) is 31.0. The SMILES string of the molecule is CN1C(=Cc2cc(N(CCC[N+](C)(C)C)CCC[N+](C)(C)C)[nH+]c3c2ccc[n+]3CCCCCCCCCC[n+]2c(N(CCC[N+](C)(C)C)CCC[N+](C)(C)C)cc(C=C3Sc4ccccc4N3C)c3ccccc32)Sc2ccccc21.[Cl-].[Cl-]. The Kier molecular flexibility index (Phi) is 25.2. The number of benzene rings is 3. The molecule has 0 unspecified atom stereocenters. The molecule has 5 heterocycles. The van der Waals surface area contributed by atoms with E-state index < -0.39 is 0 Å². The predicted octanol–water partition coefficient (Wildman–Crippen LogP) is 6.29. The van der Waals surface area contributed by atoms with E-state index in [1.807, 2.05) is 23.5 Å². The van der Waals surface area contributed by atoms with Gasteiger partial charge in [0.25, 0.3) is 5.82 Å². The van der Waals surface area contributed by atoms with Gasteiger partial charge in [-0.05, 0) is 85.9 Å². The average molecular weight is 1220 g/mol. The summed E-state index contributed by atoms with van der Waals surface area (Å²) in [5.41, 5.74) is 7.73. The van der Waals surface area contributed by atoms with Gasteiger partial charge >= 0.3 is 11.5 Å². The Bertz CT molecular complexity index is 3100. The fourth-order valence-corrected chi connectivity index (χ4v) is 14.0. The minimum absolute atomic E-state index is 0. The van der Waals surface area contributed by atoms with Crippen molar-refractivity contribution in [1.82, 2.24) is 0 Å². The first-order valence-corrected chi connectivity index (χ1v) is 32.6. The highest BCUT2D eigenvalue weighted by Gasteiger charge is 2.30. The fraction of sp³-hybridized carbons (Fsp3) is 0.522. The van der Waals surface area contributed by atoms with Crippen molar-refractivity contribution < 1.29 is 56.9 Å². The molecule has 458 valence electrons. The highest BCUT2D eigenvalue weighted by atomic mass is 35.5. The van der Waals surface area contributed by atoms with E-state index in [1.54, 1.807) is 0 Å². The van der Waals surface area contributed by atoms with Gasteiger partial charge in [0.2, 0.25) is 0 Å². The number of pyridine rings is 3. The summed E-state index contributed by atoms with van der Waals surface area (Å²) in [6.45, 7) is 10.8. The fourth-order valence-electron chi connectivity index (χ4n) is 11.8. The molecule has 0 spiro atoms. The van der Waals surface area contributed by atoms with Gasteiger partial charge < -0.3 is 52.5 Å². The highest BCUT2D eigenvalue weighted by Crippen LogP contribution is 2.47. The van der Waals surface area contributed by atoms with Crippen LogP contribution in [-0.2, 0) is 13.1 Å². The molecule has 6 aromatic rings. The number of para-hydroxylation sites is 3. The number of quaternary nitrogens is 4. The van der Waals surface area contributed by atoms with Crippen LogP contribution in [0.25, 0.3) is 34.1 Å². The summed E-state index contributed by atoms with van der Waals surface area (Å²) in [6.07, 6.45) is 21.8. The van der Waals surface area contributed by atoms with Crippen LogP contribution in [0, 0.1) is 0 Å². The lowest BCUT2D eigenvalue weighted by Gasteiger charge is -2.28. The lowest BCUT2D eigenvalue weighted by molar-refractivity contribution is -0.870. The summed E-state index contributed by atoms with van der Waals surface area (Å²) in [7, 11) is 32.3. The van der Waals surface area contributed by atoms with Gasteiger partial charge in [-0.2, -0.15) is 4.98 Å². The molecule has 0 fully saturated rings. The number of anilines is 4. The van der Waals surface area contributed by atoms with Gasteiger partial charge in [0.05, 0.1) is 163 Å². The van der Waals surface area contributed by atoms with Gasteiger partial charge in [-0.15, -0.1) is 0 Å². The molecule has 0 saturated heterocycles. The molecule has 2 aliphatic rings. The maximum absolute atomic E-state index is 4.06. The number of nitrogens with one attached hydrogen (secondary N) is 1. The van der Waals surface area contributed by atoms with Gasteiger partial charge in [-0.25, -0.2) is 14.0 Å². The summed E-state index contributed by atoms with van der Waals surface area (Å²) >= 11 is 3.77. The van der Waals surface area contributed by atoms with Crippen LogP contribution in [0.2, 0.25) is 0 Å². The summed E-state index contributed by atoms with van der Waals surface area (Å²) in [5.74, 6) is 2.60. The molecule has 15 heteroatoms. The standard InChI is InChI=1S/C69H105N11S2.2ClH/c1-71-61-37-23-25-39-63(61)81-67(71)54-56-52-65(73(43-30-48-77(3,4)5)44-31-49-78(6,7)8)70-69-59(56)35-29-42-75(69)41-27-19-17-15-16-18-20-28-47-76-60-36-22-21-34-58(60)57(55-68-72(2)62-38-24-26-40-64(62)82-68)53-66(76)74(45-32-50-79(9,10)11)46-33-51-80(12,13)14;;/h21-26,29,34-40,42,52-55H,15-20,27-28,30-33,41,43-51H2,1-14H3;2*1H/q+6;;/p-1. The molecule has 8 rings (SSSR count). The molecule has 2 aliphatic heterocycles. The maximum atomic E-state index is 4.06. The molecule has 0 bridgehead atoms. The average Bonchev–Trinajstić information content (AvgIpc) is 3.48. The largest absolute Gasteiger partial charge is 1.00 e. The number of hydrogen-bond donors (Lipinski definition) is 0. The minimum atomic E-state index is 0. The number of aromatic nitrogens is 3. The number of H-pyrrole nitrogens is 1. The Balaban J connectivity index is 0.00000566. The van der Waals surface area contributed by atoms with Crippen molar-refractivity contribution >= 4 is 80.6 Å². The number of hydrogen-bond acceptors (Lipinski definition) is 6. The molecule has 0 aliphatic carbocycles. The van der Waals surface area contributed by atoms with Crippen LogP contribution in [0.15, 0.2) is 123 Å². The van der Waals surface area contributed by atoms with E-state index in [2.05, 4.69) is 248 Å². The van der Waals surface area contributed by atoms with Crippen LogP contribution in [0.5, 0.6) is 0 Å². The summed E-state index contributed by atoms with van der Waals surface area (Å²) in [5, 5.41) is 5.16. The number of aromatic amines is 1. The van der Waals surface area contributed by atoms with Crippen LogP contribution in [0.3, 0.4) is 0 Å². The van der Waals surface area contributed by atoms with Crippen LogP contribution >= 0.6 is 23.5 Å². The molecular weight excluding hydrogens is 1120 g/mol. The van der Waals surface area contributed by atoms with Crippen LogP contribution in [0.4, 0.5) is 23.0 Å². The Morgan fingerprint density at radius 3 is 1.37 bits per heavy atom. The molecule has 0 amide bonds. The molecule has 3 aromatic carbocycles. The van der Waals surface area contributed by atoms with Gasteiger partial charge in [0, 0.05) is 66.6 Å².